The third kappa shape index (κ3) is 4.38. The molecule has 4 rings (SSSR count). The molecule has 0 N–H and O–H groups in total. The second-order valence-corrected chi connectivity index (χ2v) is 7.36. The van der Waals surface area contributed by atoms with Gasteiger partial charge in [-0.1, -0.05) is 12.1 Å². The van der Waals surface area contributed by atoms with Gasteiger partial charge in [-0.05, 0) is 54.1 Å². The minimum absolute atomic E-state index is 0.0123. The van der Waals surface area contributed by atoms with Crippen molar-refractivity contribution >= 4 is 29.4 Å². The van der Waals surface area contributed by atoms with Gasteiger partial charge in [-0.3, -0.25) is 14.4 Å². The van der Waals surface area contributed by atoms with Crippen LogP contribution in [0.25, 0.3) is 0 Å². The molecule has 1 aliphatic heterocycles. The van der Waals surface area contributed by atoms with Gasteiger partial charge in [0.25, 0.3) is 11.8 Å². The average Bonchev–Trinajstić information content (AvgIpc) is 3.46. The summed E-state index contributed by atoms with van der Waals surface area (Å²) in [4.78, 5) is 53.1. The number of benzene rings is 2. The number of anilines is 1. The second-order valence-electron chi connectivity index (χ2n) is 7.36. The van der Waals surface area contributed by atoms with Crippen LogP contribution in [0.4, 0.5) is 10.1 Å². The third-order valence-corrected chi connectivity index (χ3v) is 5.30. The Balaban J connectivity index is 1.63. The zero-order chi connectivity index (χ0) is 23.5. The maximum Gasteiger partial charge on any atom is 0.337 e. The van der Waals surface area contributed by atoms with Gasteiger partial charge in [-0.15, -0.1) is 0 Å². The van der Waals surface area contributed by atoms with Gasteiger partial charge in [-0.25, -0.2) is 14.1 Å². The molecule has 8 nitrogen and oxygen atoms in total. The number of amides is 3. The smallest absolute Gasteiger partial charge is 0.337 e. The maximum absolute atomic E-state index is 13.3. The Morgan fingerprint density at radius 3 is 2.39 bits per heavy atom. The van der Waals surface area contributed by atoms with E-state index >= 15 is 0 Å². The van der Waals surface area contributed by atoms with Gasteiger partial charge in [0.05, 0.1) is 31.0 Å². The fourth-order valence-electron chi connectivity index (χ4n) is 3.65. The fraction of sp³-hybridized carbons (Fsp3) is 0.167. The summed E-state index contributed by atoms with van der Waals surface area (Å²) in [5.74, 6) is -2.62. The monoisotopic (exact) mass is 450 g/mol. The predicted octanol–water partition coefficient (Wildman–Crippen LogP) is 3.18. The zero-order valence-electron chi connectivity index (χ0n) is 17.6. The van der Waals surface area contributed by atoms with Crippen LogP contribution in [0.3, 0.4) is 0 Å². The van der Waals surface area contributed by atoms with E-state index in [1.807, 2.05) is 0 Å². The molecule has 1 aliphatic rings. The first-order valence-corrected chi connectivity index (χ1v) is 10.0. The lowest BCUT2D eigenvalue weighted by Gasteiger charge is -2.27. The highest BCUT2D eigenvalue weighted by atomic mass is 19.1. The number of furan rings is 1. The number of methoxy groups -OCH3 is 1. The highest BCUT2D eigenvalue weighted by Gasteiger charge is 2.45. The summed E-state index contributed by atoms with van der Waals surface area (Å²) in [5.41, 5.74) is 1.12. The molecule has 1 fully saturated rings. The van der Waals surface area contributed by atoms with Crippen molar-refractivity contribution in [2.45, 2.75) is 19.0 Å². The van der Waals surface area contributed by atoms with Gasteiger partial charge in [0, 0.05) is 6.54 Å². The lowest BCUT2D eigenvalue weighted by Crippen LogP contribution is -2.45. The Labute approximate surface area is 188 Å². The molecule has 33 heavy (non-hydrogen) atoms. The van der Waals surface area contributed by atoms with Crippen LogP contribution in [-0.4, -0.2) is 41.7 Å². The van der Waals surface area contributed by atoms with Gasteiger partial charge in [0.1, 0.15) is 11.9 Å². The Morgan fingerprint density at radius 2 is 1.79 bits per heavy atom. The van der Waals surface area contributed by atoms with Gasteiger partial charge in [0.2, 0.25) is 5.91 Å². The van der Waals surface area contributed by atoms with Gasteiger partial charge in [-0.2, -0.15) is 0 Å². The van der Waals surface area contributed by atoms with Crippen LogP contribution in [0, 0.1) is 5.82 Å². The standard InChI is InChI=1S/C24H19FN2O6/c1-32-24(31)16-6-10-18(11-7-16)27-21(28)13-19(22(27)29)26(23(30)20-3-2-12-33-20)14-15-4-8-17(25)9-5-15/h2-12,19H,13-14H2,1H3. The summed E-state index contributed by atoms with van der Waals surface area (Å²) in [7, 11) is 1.25. The van der Waals surface area contributed by atoms with E-state index in [1.165, 1.54) is 72.9 Å². The molecule has 1 aromatic heterocycles. The lowest BCUT2D eigenvalue weighted by atomic mass is 10.1. The quantitative estimate of drug-likeness (QED) is 0.423. The number of hydrogen-bond acceptors (Lipinski definition) is 6. The van der Waals surface area contributed by atoms with Crippen molar-refractivity contribution in [1.29, 1.82) is 0 Å². The zero-order valence-corrected chi connectivity index (χ0v) is 17.6. The topological polar surface area (TPSA) is 97.1 Å². The molecule has 9 heteroatoms. The Bertz CT molecular complexity index is 1190. The molecule has 1 unspecified atom stereocenters. The molecule has 1 atom stereocenters. The van der Waals surface area contributed by atoms with E-state index in [9.17, 15) is 23.6 Å². The van der Waals surface area contributed by atoms with Crippen molar-refractivity contribution in [3.8, 4) is 0 Å². The van der Waals surface area contributed by atoms with Crippen LogP contribution in [-0.2, 0) is 20.9 Å². The number of rotatable bonds is 6. The summed E-state index contributed by atoms with van der Waals surface area (Å²) in [6.45, 7) is -0.0291. The molecule has 1 saturated heterocycles. The first-order chi connectivity index (χ1) is 15.9. The normalized spacial score (nSPS) is 15.6. The Hall–Kier alpha value is -4.27. The second kappa shape index (κ2) is 9.07. The van der Waals surface area contributed by atoms with Crippen molar-refractivity contribution in [1.82, 2.24) is 4.90 Å². The van der Waals surface area contributed by atoms with Gasteiger partial charge >= 0.3 is 5.97 Å². The summed E-state index contributed by atoms with van der Waals surface area (Å²) in [6.07, 6.45) is 1.10. The maximum atomic E-state index is 13.3. The highest BCUT2D eigenvalue weighted by Crippen LogP contribution is 2.28. The molecule has 3 aromatic rings. The molecule has 2 heterocycles. The summed E-state index contributed by atoms with van der Waals surface area (Å²) < 4.78 is 23.2. The van der Waals surface area contributed by atoms with Crippen LogP contribution >= 0.6 is 0 Å². The summed E-state index contributed by atoms with van der Waals surface area (Å²) in [6, 6.07) is 13.2. The number of carbonyl (C=O) groups is 4. The van der Waals surface area contributed by atoms with E-state index in [1.54, 1.807) is 6.07 Å². The van der Waals surface area contributed by atoms with E-state index in [4.69, 9.17) is 4.42 Å². The number of halogens is 1. The number of esters is 1. The minimum Gasteiger partial charge on any atom is -0.465 e. The molecule has 0 saturated carbocycles. The number of hydrogen-bond donors (Lipinski definition) is 0. The van der Waals surface area contributed by atoms with E-state index in [-0.39, 0.29) is 30.0 Å². The minimum atomic E-state index is -1.08. The lowest BCUT2D eigenvalue weighted by molar-refractivity contribution is -0.122. The number of imide groups is 1. The van der Waals surface area contributed by atoms with Crippen molar-refractivity contribution < 1.29 is 32.7 Å². The van der Waals surface area contributed by atoms with Crippen molar-refractivity contribution in [3.05, 3.63) is 89.6 Å². The molecule has 0 spiro atoms. The van der Waals surface area contributed by atoms with Crippen LogP contribution in [0.2, 0.25) is 0 Å². The van der Waals surface area contributed by atoms with E-state index < -0.39 is 35.5 Å². The SMILES string of the molecule is COC(=O)c1ccc(N2C(=O)CC(N(Cc3ccc(F)cc3)C(=O)c3ccco3)C2=O)cc1. The molecular formula is C24H19FN2O6. The van der Waals surface area contributed by atoms with Gasteiger partial charge < -0.3 is 14.1 Å². The molecule has 2 aromatic carbocycles. The van der Waals surface area contributed by atoms with Gasteiger partial charge in [0.15, 0.2) is 5.76 Å². The molecule has 3 amide bonds. The summed E-state index contributed by atoms with van der Waals surface area (Å²) in [5, 5.41) is 0. The molecule has 0 aliphatic carbocycles. The van der Waals surface area contributed by atoms with Crippen LogP contribution < -0.4 is 4.90 Å². The first-order valence-electron chi connectivity index (χ1n) is 10.0. The van der Waals surface area contributed by atoms with Crippen molar-refractivity contribution in [3.63, 3.8) is 0 Å². The average molecular weight is 450 g/mol. The van der Waals surface area contributed by atoms with E-state index in [2.05, 4.69) is 4.74 Å². The molecule has 0 bridgehead atoms. The Kier molecular flexibility index (Phi) is 6.03. The van der Waals surface area contributed by atoms with Crippen LogP contribution in [0.1, 0.15) is 32.9 Å². The number of carbonyl (C=O) groups excluding carboxylic acids is 4. The molecule has 0 radical (unpaired) electrons. The molecule has 168 valence electrons. The fourth-order valence-corrected chi connectivity index (χ4v) is 3.65. The van der Waals surface area contributed by atoms with E-state index in [0.717, 1.165) is 4.90 Å². The highest BCUT2D eigenvalue weighted by molar-refractivity contribution is 6.23. The Morgan fingerprint density at radius 1 is 1.09 bits per heavy atom. The van der Waals surface area contributed by atoms with Crippen LogP contribution in [0.5, 0.6) is 0 Å². The van der Waals surface area contributed by atoms with Crippen LogP contribution in [0.15, 0.2) is 71.3 Å². The first kappa shape index (κ1) is 21.9. The molecular weight excluding hydrogens is 431 g/mol. The number of nitrogens with zero attached hydrogens (tertiary/aromatic N) is 2. The summed E-state index contributed by atoms with van der Waals surface area (Å²) >= 11 is 0. The van der Waals surface area contributed by atoms with Crippen molar-refractivity contribution in [2.24, 2.45) is 0 Å². The predicted molar refractivity (Wildman–Crippen MR) is 114 cm³/mol. The largest absolute Gasteiger partial charge is 0.465 e. The number of ether oxygens (including phenoxy) is 1. The third-order valence-electron chi connectivity index (χ3n) is 5.30. The van der Waals surface area contributed by atoms with Crippen molar-refractivity contribution in [2.75, 3.05) is 12.0 Å². The van der Waals surface area contributed by atoms with E-state index in [0.29, 0.717) is 5.56 Å².